The van der Waals surface area contributed by atoms with Gasteiger partial charge in [0.05, 0.1) is 5.69 Å². The molecule has 29 heavy (non-hydrogen) atoms. The molecule has 0 saturated carbocycles. The van der Waals surface area contributed by atoms with Crippen LogP contribution >= 0.6 is 0 Å². The Hall–Kier alpha value is -3.75. The highest BCUT2D eigenvalue weighted by atomic mass is 16.2. The lowest BCUT2D eigenvalue weighted by molar-refractivity contribution is -0.116. The zero-order chi connectivity index (χ0) is 20.7. The lowest BCUT2D eigenvalue weighted by atomic mass is 10.2. The molecule has 0 saturated heterocycles. The highest BCUT2D eigenvalue weighted by Crippen LogP contribution is 2.17. The van der Waals surface area contributed by atoms with Gasteiger partial charge in [-0.15, -0.1) is 5.10 Å². The fourth-order valence-electron chi connectivity index (χ4n) is 3.21. The first-order chi connectivity index (χ1) is 13.8. The molecule has 1 amide bonds. The van der Waals surface area contributed by atoms with E-state index in [9.17, 15) is 9.59 Å². The second-order valence-corrected chi connectivity index (χ2v) is 7.07. The van der Waals surface area contributed by atoms with Gasteiger partial charge in [-0.3, -0.25) is 14.3 Å². The van der Waals surface area contributed by atoms with Gasteiger partial charge in [0.2, 0.25) is 17.5 Å². The van der Waals surface area contributed by atoms with E-state index in [4.69, 9.17) is 0 Å². The van der Waals surface area contributed by atoms with Crippen LogP contribution in [0.4, 0.5) is 5.69 Å². The molecule has 0 aliphatic carbocycles. The van der Waals surface area contributed by atoms with Crippen molar-refractivity contribution in [3.05, 3.63) is 63.7 Å². The Morgan fingerprint density at radius 2 is 1.79 bits per heavy atom. The van der Waals surface area contributed by atoms with Crippen LogP contribution < -0.4 is 10.9 Å². The highest BCUT2D eigenvalue weighted by Gasteiger charge is 2.17. The van der Waals surface area contributed by atoms with Crippen LogP contribution in [0.15, 0.2) is 41.2 Å². The summed E-state index contributed by atoms with van der Waals surface area (Å²) in [5.41, 5.74) is 3.67. The zero-order valence-corrected chi connectivity index (χ0v) is 16.7. The van der Waals surface area contributed by atoms with Gasteiger partial charge in [-0.05, 0) is 39.0 Å². The van der Waals surface area contributed by atoms with Crippen LogP contribution in [0.1, 0.15) is 17.0 Å². The van der Waals surface area contributed by atoms with Crippen LogP contribution in [0.5, 0.6) is 0 Å². The summed E-state index contributed by atoms with van der Waals surface area (Å²) in [6, 6.07) is 10.8. The van der Waals surface area contributed by atoms with Crippen molar-refractivity contribution < 1.29 is 4.79 Å². The molecular formula is C20H21N7O2. The minimum atomic E-state index is -0.301. The van der Waals surface area contributed by atoms with Gasteiger partial charge in [0.15, 0.2) is 0 Å². The largest absolute Gasteiger partial charge is 0.325 e. The molecule has 148 valence electrons. The monoisotopic (exact) mass is 391 g/mol. The molecule has 3 heterocycles. The van der Waals surface area contributed by atoms with E-state index >= 15 is 0 Å². The first-order valence-electron chi connectivity index (χ1n) is 9.16. The van der Waals surface area contributed by atoms with E-state index in [0.29, 0.717) is 28.7 Å². The first-order valence-corrected chi connectivity index (χ1v) is 9.16. The van der Waals surface area contributed by atoms with Gasteiger partial charge in [-0.25, -0.2) is 0 Å². The number of benzene rings is 1. The van der Waals surface area contributed by atoms with Crippen LogP contribution in [0, 0.1) is 20.8 Å². The number of nitrogens with zero attached hydrogens (tertiary/aromatic N) is 6. The van der Waals surface area contributed by atoms with Gasteiger partial charge in [-0.1, -0.05) is 17.7 Å². The number of hydrogen-bond acceptors (Lipinski definition) is 5. The van der Waals surface area contributed by atoms with E-state index in [1.54, 1.807) is 23.2 Å². The molecule has 3 aromatic heterocycles. The van der Waals surface area contributed by atoms with E-state index in [0.717, 1.165) is 11.3 Å². The number of aryl methyl sites for hydroxylation is 4. The smallest absolute Gasteiger partial charge is 0.275 e. The van der Waals surface area contributed by atoms with E-state index in [2.05, 4.69) is 20.5 Å². The molecule has 4 aromatic rings. The predicted octanol–water partition coefficient (Wildman–Crippen LogP) is 1.86. The van der Waals surface area contributed by atoms with Crippen molar-refractivity contribution in [2.24, 2.45) is 7.05 Å². The summed E-state index contributed by atoms with van der Waals surface area (Å²) in [5, 5.41) is 11.5. The van der Waals surface area contributed by atoms with Crippen LogP contribution in [0.3, 0.4) is 0 Å². The molecule has 4 rings (SSSR count). The molecule has 0 fully saturated rings. The number of rotatable bonds is 4. The Morgan fingerprint density at radius 3 is 2.45 bits per heavy atom. The Bertz CT molecular complexity index is 1280. The zero-order valence-electron chi connectivity index (χ0n) is 16.7. The number of carbonyl (C=O) groups is 1. The Balaban J connectivity index is 1.72. The minimum absolute atomic E-state index is 0.00599. The molecule has 0 spiro atoms. The van der Waals surface area contributed by atoms with E-state index in [-0.39, 0.29) is 18.0 Å². The van der Waals surface area contributed by atoms with Crippen LogP contribution in [0.2, 0.25) is 0 Å². The third kappa shape index (κ3) is 3.54. The number of fused-ring (bicyclic) bond motifs is 1. The molecule has 0 atom stereocenters. The van der Waals surface area contributed by atoms with Crippen LogP contribution in [0.25, 0.3) is 17.3 Å². The molecule has 1 aromatic carbocycles. The molecule has 0 bridgehead atoms. The molecule has 1 N–H and O–H groups in total. The van der Waals surface area contributed by atoms with Crippen molar-refractivity contribution in [3.8, 4) is 11.5 Å². The Labute approximate surface area is 166 Å². The van der Waals surface area contributed by atoms with Gasteiger partial charge in [0, 0.05) is 24.5 Å². The maximum absolute atomic E-state index is 12.6. The second-order valence-electron chi connectivity index (χ2n) is 7.07. The summed E-state index contributed by atoms with van der Waals surface area (Å²) in [4.78, 5) is 29.5. The Kier molecular flexibility index (Phi) is 4.50. The minimum Gasteiger partial charge on any atom is -0.325 e. The SMILES string of the molecule is Cc1ccc(NC(=O)Cn2c(C)cc(=O)n3nc(-c4cc(C)nn4C)nc23)cc1. The predicted molar refractivity (Wildman–Crippen MR) is 109 cm³/mol. The lowest BCUT2D eigenvalue weighted by Gasteiger charge is -2.11. The summed E-state index contributed by atoms with van der Waals surface area (Å²) in [6.07, 6.45) is 0. The second kappa shape index (κ2) is 7.01. The van der Waals surface area contributed by atoms with Crippen molar-refractivity contribution in [3.63, 3.8) is 0 Å². The summed E-state index contributed by atoms with van der Waals surface area (Å²) >= 11 is 0. The van der Waals surface area contributed by atoms with Crippen LogP contribution in [-0.4, -0.2) is 34.9 Å². The number of aromatic nitrogens is 6. The fourth-order valence-corrected chi connectivity index (χ4v) is 3.21. The lowest BCUT2D eigenvalue weighted by Crippen LogP contribution is -2.25. The molecule has 0 aliphatic rings. The topological polar surface area (TPSA) is 99.1 Å². The third-order valence-electron chi connectivity index (χ3n) is 4.67. The fraction of sp³-hybridized carbons (Fsp3) is 0.250. The normalized spacial score (nSPS) is 11.2. The van der Waals surface area contributed by atoms with Crippen LogP contribution in [-0.2, 0) is 18.4 Å². The van der Waals surface area contributed by atoms with Gasteiger partial charge in [0.1, 0.15) is 12.2 Å². The highest BCUT2D eigenvalue weighted by molar-refractivity contribution is 5.90. The molecule has 0 aliphatic heterocycles. The summed E-state index contributed by atoms with van der Waals surface area (Å²) in [5.74, 6) is 0.467. The van der Waals surface area contributed by atoms with E-state index in [1.165, 1.54) is 10.6 Å². The van der Waals surface area contributed by atoms with Crippen molar-refractivity contribution >= 4 is 17.4 Å². The van der Waals surface area contributed by atoms with Crippen molar-refractivity contribution in [2.75, 3.05) is 5.32 Å². The Morgan fingerprint density at radius 1 is 1.07 bits per heavy atom. The standard InChI is InChI=1S/C20H21N7O2/c1-12-5-7-15(8-6-12)21-17(28)11-26-14(3)10-18(29)27-20(26)22-19(24-27)16-9-13(2)23-25(16)4/h5-10H,11H2,1-4H3,(H,21,28). The van der Waals surface area contributed by atoms with Gasteiger partial charge < -0.3 is 9.88 Å². The van der Waals surface area contributed by atoms with Gasteiger partial charge in [0.25, 0.3) is 5.56 Å². The molecule has 9 nitrogen and oxygen atoms in total. The number of nitrogens with one attached hydrogen (secondary N) is 1. The average molecular weight is 391 g/mol. The summed E-state index contributed by atoms with van der Waals surface area (Å²) in [7, 11) is 1.79. The summed E-state index contributed by atoms with van der Waals surface area (Å²) < 4.78 is 4.55. The molecular weight excluding hydrogens is 370 g/mol. The van der Waals surface area contributed by atoms with Crippen molar-refractivity contribution in [1.82, 2.24) is 28.9 Å². The number of anilines is 1. The number of carbonyl (C=O) groups excluding carboxylic acids is 1. The first kappa shape index (κ1) is 18.6. The maximum Gasteiger partial charge on any atom is 0.275 e. The molecule has 0 unspecified atom stereocenters. The average Bonchev–Trinajstić information content (AvgIpc) is 3.24. The summed E-state index contributed by atoms with van der Waals surface area (Å²) in [6.45, 7) is 5.63. The van der Waals surface area contributed by atoms with E-state index < -0.39 is 0 Å². The quantitative estimate of drug-likeness (QED) is 0.572. The van der Waals surface area contributed by atoms with Gasteiger partial charge in [-0.2, -0.15) is 14.6 Å². The number of hydrogen-bond donors (Lipinski definition) is 1. The third-order valence-corrected chi connectivity index (χ3v) is 4.67. The van der Waals surface area contributed by atoms with Gasteiger partial charge >= 0.3 is 0 Å². The van der Waals surface area contributed by atoms with Crippen molar-refractivity contribution in [1.29, 1.82) is 0 Å². The molecule has 0 radical (unpaired) electrons. The van der Waals surface area contributed by atoms with Crippen molar-refractivity contribution in [2.45, 2.75) is 27.3 Å². The maximum atomic E-state index is 12.6. The number of amides is 1. The van der Waals surface area contributed by atoms with E-state index in [1.807, 2.05) is 44.2 Å². The molecule has 9 heteroatoms.